The molecule has 0 saturated carbocycles. The standard InChI is InChI=1S/C28H25F2N3O2S/c1-35-19-7-4-6-17(14-19)26-24-9-5-13-32(24)27-21(20-8-2-3-10-25(20)36-27)16-33(26)28(34)31-23-12-11-18(29)15-22(23)30/h4-7,9,11-15,26H,2-3,8,10,16H2,1H3,(H,31,34)/t26-/m1/s1. The molecule has 2 aromatic carbocycles. The van der Waals surface area contributed by atoms with Gasteiger partial charge in [0.05, 0.1) is 31.1 Å². The lowest BCUT2D eigenvalue weighted by atomic mass is 9.95. The van der Waals surface area contributed by atoms with Gasteiger partial charge < -0.3 is 19.5 Å². The Bertz CT molecular complexity index is 1460. The molecule has 4 aromatic rings. The van der Waals surface area contributed by atoms with Crippen LogP contribution in [0.3, 0.4) is 0 Å². The molecule has 8 heteroatoms. The first-order chi connectivity index (χ1) is 17.5. The summed E-state index contributed by atoms with van der Waals surface area (Å²) >= 11 is 1.80. The van der Waals surface area contributed by atoms with Gasteiger partial charge in [-0.2, -0.15) is 0 Å². The minimum absolute atomic E-state index is 0.0574. The molecule has 1 atom stereocenters. The Morgan fingerprint density at radius 3 is 2.75 bits per heavy atom. The quantitative estimate of drug-likeness (QED) is 0.331. The van der Waals surface area contributed by atoms with Crippen LogP contribution in [0.4, 0.5) is 19.3 Å². The molecule has 1 aliphatic carbocycles. The molecule has 2 aliphatic rings. The second-order valence-electron chi connectivity index (χ2n) is 9.16. The molecule has 0 radical (unpaired) electrons. The molecule has 0 fully saturated rings. The van der Waals surface area contributed by atoms with Crippen molar-refractivity contribution in [2.75, 3.05) is 12.4 Å². The van der Waals surface area contributed by atoms with Gasteiger partial charge in [-0.15, -0.1) is 11.3 Å². The molecule has 6 rings (SSSR count). The number of amides is 2. The zero-order valence-corrected chi connectivity index (χ0v) is 20.6. The zero-order chi connectivity index (χ0) is 24.8. The number of fused-ring (bicyclic) bond motifs is 5. The molecular weight excluding hydrogens is 480 g/mol. The van der Waals surface area contributed by atoms with Crippen molar-refractivity contribution in [1.29, 1.82) is 0 Å². The van der Waals surface area contributed by atoms with Crippen LogP contribution in [0, 0.1) is 11.6 Å². The summed E-state index contributed by atoms with van der Waals surface area (Å²) in [7, 11) is 1.61. The van der Waals surface area contributed by atoms with Crippen LogP contribution in [-0.4, -0.2) is 22.6 Å². The van der Waals surface area contributed by atoms with Crippen molar-refractivity contribution in [3.05, 3.63) is 99.7 Å². The highest BCUT2D eigenvalue weighted by molar-refractivity contribution is 7.15. The number of benzene rings is 2. The Morgan fingerprint density at radius 1 is 1.06 bits per heavy atom. The summed E-state index contributed by atoms with van der Waals surface area (Å²) in [6.07, 6.45) is 6.39. The molecule has 5 nitrogen and oxygen atoms in total. The number of aromatic nitrogens is 1. The number of urea groups is 1. The van der Waals surface area contributed by atoms with Crippen molar-refractivity contribution >= 4 is 23.1 Å². The lowest BCUT2D eigenvalue weighted by Crippen LogP contribution is -2.38. The molecule has 2 amide bonds. The second-order valence-corrected chi connectivity index (χ2v) is 10.2. The molecule has 2 aromatic heterocycles. The smallest absolute Gasteiger partial charge is 0.323 e. The fourth-order valence-electron chi connectivity index (χ4n) is 5.33. The molecule has 0 unspecified atom stereocenters. The van der Waals surface area contributed by atoms with Crippen molar-refractivity contribution in [3.8, 4) is 10.8 Å². The van der Waals surface area contributed by atoms with Crippen molar-refractivity contribution in [2.24, 2.45) is 0 Å². The van der Waals surface area contributed by atoms with E-state index < -0.39 is 23.7 Å². The molecule has 3 heterocycles. The molecule has 36 heavy (non-hydrogen) atoms. The SMILES string of the molecule is COc1cccc([C@@H]2c3cccn3-c3sc4c(c3CN2C(=O)Nc2ccc(F)cc2F)CCCC4)c1. The Balaban J connectivity index is 1.50. The van der Waals surface area contributed by atoms with E-state index in [-0.39, 0.29) is 5.69 Å². The fourth-order valence-corrected chi connectivity index (χ4v) is 6.73. The van der Waals surface area contributed by atoms with Gasteiger partial charge in [0.25, 0.3) is 0 Å². The molecule has 184 valence electrons. The first-order valence-electron chi connectivity index (χ1n) is 12.0. The Kier molecular flexibility index (Phi) is 5.76. The first-order valence-corrected chi connectivity index (χ1v) is 12.8. The van der Waals surface area contributed by atoms with E-state index in [2.05, 4.69) is 9.88 Å². The van der Waals surface area contributed by atoms with Crippen LogP contribution in [0.25, 0.3) is 5.00 Å². The van der Waals surface area contributed by atoms with Crippen LogP contribution in [0.5, 0.6) is 5.75 Å². The number of ether oxygens (including phenoxy) is 1. The van der Waals surface area contributed by atoms with Crippen LogP contribution in [-0.2, 0) is 19.4 Å². The van der Waals surface area contributed by atoms with Gasteiger partial charge in [0.1, 0.15) is 22.4 Å². The highest BCUT2D eigenvalue weighted by Crippen LogP contribution is 2.44. The largest absolute Gasteiger partial charge is 0.497 e. The maximum atomic E-state index is 14.5. The summed E-state index contributed by atoms with van der Waals surface area (Å²) in [4.78, 5) is 17.0. The average molecular weight is 506 g/mol. The summed E-state index contributed by atoms with van der Waals surface area (Å²) in [6, 6.07) is 13.9. The van der Waals surface area contributed by atoms with E-state index >= 15 is 0 Å². The number of halogens is 2. The van der Waals surface area contributed by atoms with Gasteiger partial charge in [-0.3, -0.25) is 0 Å². The van der Waals surface area contributed by atoms with E-state index in [0.717, 1.165) is 53.2 Å². The van der Waals surface area contributed by atoms with Crippen LogP contribution in [0.1, 0.15) is 46.1 Å². The number of hydrogen-bond acceptors (Lipinski definition) is 3. The van der Waals surface area contributed by atoms with E-state index in [1.54, 1.807) is 23.3 Å². The monoisotopic (exact) mass is 505 g/mol. The molecular formula is C28H25F2N3O2S. The predicted octanol–water partition coefficient (Wildman–Crippen LogP) is 6.84. The Morgan fingerprint density at radius 2 is 1.92 bits per heavy atom. The average Bonchev–Trinajstić information content (AvgIpc) is 3.47. The van der Waals surface area contributed by atoms with Gasteiger partial charge in [0.2, 0.25) is 0 Å². The minimum Gasteiger partial charge on any atom is -0.497 e. The number of carbonyl (C=O) groups excluding carboxylic acids is 1. The minimum atomic E-state index is -0.812. The van der Waals surface area contributed by atoms with Gasteiger partial charge in [-0.25, -0.2) is 13.6 Å². The summed E-state index contributed by atoms with van der Waals surface area (Å²) in [6.45, 7) is 0.374. The van der Waals surface area contributed by atoms with Crippen molar-refractivity contribution in [2.45, 2.75) is 38.3 Å². The Hall–Kier alpha value is -3.65. The van der Waals surface area contributed by atoms with E-state index in [4.69, 9.17) is 4.74 Å². The van der Waals surface area contributed by atoms with Crippen LogP contribution < -0.4 is 10.1 Å². The summed E-state index contributed by atoms with van der Waals surface area (Å²) < 4.78 is 35.6. The lowest BCUT2D eigenvalue weighted by Gasteiger charge is -2.31. The van der Waals surface area contributed by atoms with Gasteiger partial charge in [0.15, 0.2) is 0 Å². The van der Waals surface area contributed by atoms with Crippen LogP contribution in [0.15, 0.2) is 60.8 Å². The molecule has 1 aliphatic heterocycles. The number of nitrogens with zero attached hydrogens (tertiary/aromatic N) is 2. The number of aryl methyl sites for hydroxylation is 1. The van der Waals surface area contributed by atoms with Gasteiger partial charge in [0, 0.05) is 22.7 Å². The third-order valence-corrected chi connectivity index (χ3v) is 8.36. The van der Waals surface area contributed by atoms with Gasteiger partial charge in [-0.05, 0) is 73.2 Å². The maximum Gasteiger partial charge on any atom is 0.323 e. The summed E-state index contributed by atoms with van der Waals surface area (Å²) in [5.41, 5.74) is 4.24. The first kappa shape index (κ1) is 22.8. The van der Waals surface area contributed by atoms with E-state index in [9.17, 15) is 13.6 Å². The van der Waals surface area contributed by atoms with Crippen molar-refractivity contribution in [1.82, 2.24) is 9.47 Å². The number of methoxy groups -OCH3 is 1. The van der Waals surface area contributed by atoms with E-state index in [1.807, 2.05) is 42.6 Å². The van der Waals surface area contributed by atoms with Crippen molar-refractivity contribution in [3.63, 3.8) is 0 Å². The highest BCUT2D eigenvalue weighted by Gasteiger charge is 2.36. The maximum absolute atomic E-state index is 14.5. The predicted molar refractivity (Wildman–Crippen MR) is 136 cm³/mol. The Labute approximate surface area is 211 Å². The van der Waals surface area contributed by atoms with E-state index in [1.165, 1.54) is 22.9 Å². The molecule has 1 N–H and O–H groups in total. The number of rotatable bonds is 3. The van der Waals surface area contributed by atoms with Gasteiger partial charge >= 0.3 is 6.03 Å². The topological polar surface area (TPSA) is 46.5 Å². The normalized spacial score (nSPS) is 16.5. The number of thiophene rings is 1. The zero-order valence-electron chi connectivity index (χ0n) is 19.8. The summed E-state index contributed by atoms with van der Waals surface area (Å²) in [5.74, 6) is -0.818. The lowest BCUT2D eigenvalue weighted by molar-refractivity contribution is 0.194. The molecule has 0 saturated heterocycles. The number of anilines is 1. The molecule has 0 spiro atoms. The third kappa shape index (κ3) is 3.86. The third-order valence-electron chi connectivity index (χ3n) is 7.02. The van der Waals surface area contributed by atoms with Crippen LogP contribution in [0.2, 0.25) is 0 Å². The second kappa shape index (κ2) is 9.09. The molecule has 0 bridgehead atoms. The number of nitrogens with one attached hydrogen (secondary N) is 1. The summed E-state index contributed by atoms with van der Waals surface area (Å²) in [5, 5.41) is 3.83. The fraction of sp³-hybridized carbons (Fsp3) is 0.250. The highest BCUT2D eigenvalue weighted by atomic mass is 32.1. The van der Waals surface area contributed by atoms with Crippen molar-refractivity contribution < 1.29 is 18.3 Å². The number of hydrogen-bond donors (Lipinski definition) is 1. The van der Waals surface area contributed by atoms with Crippen LogP contribution >= 0.6 is 11.3 Å². The van der Waals surface area contributed by atoms with E-state index in [0.29, 0.717) is 12.3 Å². The number of carbonyl (C=O) groups is 1. The van der Waals surface area contributed by atoms with Gasteiger partial charge in [-0.1, -0.05) is 12.1 Å².